The van der Waals surface area contributed by atoms with Crippen molar-refractivity contribution < 1.29 is 38.4 Å². The third-order valence-corrected chi connectivity index (χ3v) is 5.91. The van der Waals surface area contributed by atoms with Crippen LogP contribution in [0.3, 0.4) is 0 Å². The van der Waals surface area contributed by atoms with Crippen LogP contribution in [0, 0.1) is 11.0 Å². The summed E-state index contributed by atoms with van der Waals surface area (Å²) >= 11 is 0. The first-order valence-corrected chi connectivity index (χ1v) is 10.3. The van der Waals surface area contributed by atoms with E-state index in [1.54, 1.807) is 12.1 Å². The molecular formula is C20H26FN3O7. The average Bonchev–Trinajstić information content (AvgIpc) is 3.32. The van der Waals surface area contributed by atoms with Gasteiger partial charge in [-0.25, -0.2) is 14.0 Å². The third kappa shape index (κ3) is 4.51. The Kier molecular flexibility index (Phi) is 6.13. The molecule has 3 atom stereocenters. The van der Waals surface area contributed by atoms with Crippen LogP contribution < -0.4 is 14.9 Å². The van der Waals surface area contributed by atoms with E-state index in [9.17, 15) is 24.3 Å². The van der Waals surface area contributed by atoms with Crippen LogP contribution in [0.1, 0.15) is 19.8 Å². The number of anilines is 2. The molecule has 3 fully saturated rings. The van der Waals surface area contributed by atoms with Gasteiger partial charge in [-0.1, -0.05) is 0 Å². The number of hydrogen-bond acceptors (Lipinski definition) is 8. The maximum atomic E-state index is 14.9. The number of ether oxygens (including phenoxy) is 3. The van der Waals surface area contributed by atoms with Crippen molar-refractivity contribution in [3.05, 3.63) is 29.2 Å². The third-order valence-electron chi connectivity index (χ3n) is 5.91. The Hall–Kier alpha value is -2.31. The summed E-state index contributed by atoms with van der Waals surface area (Å²) in [7, 11) is 0. The molecule has 0 radical (unpaired) electrons. The number of aliphatic hydroxyl groups is 1. The molecule has 1 aromatic carbocycles. The summed E-state index contributed by atoms with van der Waals surface area (Å²) in [6.07, 6.45) is -0.636. The number of benzene rings is 1. The summed E-state index contributed by atoms with van der Waals surface area (Å²) in [6.45, 7) is 2.36. The number of quaternary nitrogens is 1. The molecule has 0 aliphatic carbocycles. The van der Waals surface area contributed by atoms with Crippen molar-refractivity contribution in [1.82, 2.24) is 0 Å². The minimum absolute atomic E-state index is 0.0730. The van der Waals surface area contributed by atoms with Crippen molar-refractivity contribution in [2.45, 2.75) is 37.8 Å². The van der Waals surface area contributed by atoms with Crippen LogP contribution in [-0.2, 0) is 19.0 Å². The van der Waals surface area contributed by atoms with E-state index in [0.29, 0.717) is 43.9 Å². The number of carbonyl (C=O) groups excluding carboxylic acids is 2. The summed E-state index contributed by atoms with van der Waals surface area (Å²) in [5.41, 5.74) is 0.733. The van der Waals surface area contributed by atoms with Gasteiger partial charge in [0, 0.05) is 25.9 Å². The fourth-order valence-corrected chi connectivity index (χ4v) is 4.17. The SMILES string of the molecule is CC(=O)[NH+]([O-])CC1CN(c2ccc(N3CCC4(CC3)OCC(CO)O4)c(F)c2)C(=O)O1. The number of piperidine rings is 1. The van der Waals surface area contributed by atoms with Gasteiger partial charge in [-0.3, -0.25) is 4.90 Å². The van der Waals surface area contributed by atoms with Crippen LogP contribution in [0.4, 0.5) is 20.6 Å². The summed E-state index contributed by atoms with van der Waals surface area (Å²) in [4.78, 5) is 26.4. The Bertz CT molecular complexity index is 846. The Labute approximate surface area is 178 Å². The van der Waals surface area contributed by atoms with Crippen molar-refractivity contribution in [2.24, 2.45) is 0 Å². The van der Waals surface area contributed by atoms with Gasteiger partial charge in [0.2, 0.25) is 0 Å². The van der Waals surface area contributed by atoms with Crippen LogP contribution in [-0.4, -0.2) is 74.5 Å². The van der Waals surface area contributed by atoms with E-state index >= 15 is 0 Å². The molecule has 3 saturated heterocycles. The summed E-state index contributed by atoms with van der Waals surface area (Å²) < 4.78 is 31.6. The number of hydroxylamine groups is 2. The summed E-state index contributed by atoms with van der Waals surface area (Å²) in [5, 5.41) is 20.2. The second kappa shape index (κ2) is 8.67. The molecule has 3 aliphatic heterocycles. The zero-order valence-electron chi connectivity index (χ0n) is 17.2. The van der Waals surface area contributed by atoms with Crippen LogP contribution in [0.25, 0.3) is 0 Å². The highest BCUT2D eigenvalue weighted by Crippen LogP contribution is 2.36. The molecule has 10 nitrogen and oxygen atoms in total. The number of carbonyl (C=O) groups is 2. The fraction of sp³-hybridized carbons (Fsp3) is 0.600. The lowest BCUT2D eigenvalue weighted by atomic mass is 10.0. The van der Waals surface area contributed by atoms with Gasteiger partial charge in [-0.05, 0) is 18.2 Å². The first-order chi connectivity index (χ1) is 14.8. The molecule has 31 heavy (non-hydrogen) atoms. The number of rotatable bonds is 5. The molecule has 1 spiro atoms. The number of halogens is 1. The largest absolute Gasteiger partial charge is 0.627 e. The smallest absolute Gasteiger partial charge is 0.414 e. The molecule has 3 unspecified atom stereocenters. The highest BCUT2D eigenvalue weighted by Gasteiger charge is 2.44. The maximum Gasteiger partial charge on any atom is 0.414 e. The minimum Gasteiger partial charge on any atom is -0.627 e. The predicted molar refractivity (Wildman–Crippen MR) is 106 cm³/mol. The van der Waals surface area contributed by atoms with Gasteiger partial charge >= 0.3 is 12.0 Å². The lowest BCUT2D eigenvalue weighted by Gasteiger charge is -2.39. The minimum atomic E-state index is -0.737. The van der Waals surface area contributed by atoms with Gasteiger partial charge in [0.05, 0.1) is 38.1 Å². The molecule has 170 valence electrons. The average molecular weight is 439 g/mol. The maximum absolute atomic E-state index is 14.9. The zero-order valence-corrected chi connectivity index (χ0v) is 17.2. The Morgan fingerprint density at radius 2 is 2.10 bits per heavy atom. The van der Waals surface area contributed by atoms with Crippen molar-refractivity contribution in [3.8, 4) is 0 Å². The number of nitrogens with one attached hydrogen (secondary N) is 1. The van der Waals surface area contributed by atoms with E-state index in [2.05, 4.69) is 0 Å². The van der Waals surface area contributed by atoms with E-state index in [1.165, 1.54) is 17.9 Å². The van der Waals surface area contributed by atoms with Crippen LogP contribution in [0.2, 0.25) is 0 Å². The van der Waals surface area contributed by atoms with Gasteiger partial charge in [0.15, 0.2) is 11.9 Å². The normalized spacial score (nSPS) is 26.4. The zero-order chi connectivity index (χ0) is 22.2. The van der Waals surface area contributed by atoms with Crippen molar-refractivity contribution in [3.63, 3.8) is 0 Å². The molecule has 1 aromatic rings. The van der Waals surface area contributed by atoms with Crippen LogP contribution in [0.5, 0.6) is 0 Å². The summed E-state index contributed by atoms with van der Waals surface area (Å²) in [5.74, 6) is -1.79. The van der Waals surface area contributed by atoms with Crippen molar-refractivity contribution in [2.75, 3.05) is 49.2 Å². The van der Waals surface area contributed by atoms with E-state index in [4.69, 9.17) is 14.2 Å². The topological polar surface area (TPSA) is 116 Å². The van der Waals surface area contributed by atoms with Crippen molar-refractivity contribution >= 4 is 23.4 Å². The second-order valence-electron chi connectivity index (χ2n) is 8.07. The first kappa shape index (κ1) is 21.9. The van der Waals surface area contributed by atoms with Crippen LogP contribution in [0.15, 0.2) is 18.2 Å². The van der Waals surface area contributed by atoms with Crippen molar-refractivity contribution in [1.29, 1.82) is 0 Å². The molecule has 0 aromatic heterocycles. The predicted octanol–water partition coefficient (Wildman–Crippen LogP) is -0.216. The molecule has 2 amide bonds. The van der Waals surface area contributed by atoms with Gasteiger partial charge in [0.1, 0.15) is 18.5 Å². The number of hydrogen-bond donors (Lipinski definition) is 2. The molecule has 11 heteroatoms. The van der Waals surface area contributed by atoms with Gasteiger partial charge in [-0.15, -0.1) is 0 Å². The first-order valence-electron chi connectivity index (χ1n) is 10.3. The van der Waals surface area contributed by atoms with E-state index in [-0.39, 0.29) is 25.8 Å². The standard InChI is InChI=1S/C20H26FN3O7/c1-13(26)24(28)10-15-9-23(19(27)30-15)14-2-3-18(17(21)8-14)22-6-4-20(5-7-22)29-12-16(11-25)31-20/h2-3,8,15-16,24-25H,4-7,9-12H2,1H3. The van der Waals surface area contributed by atoms with Gasteiger partial charge in [0.25, 0.3) is 0 Å². The van der Waals surface area contributed by atoms with Gasteiger partial charge in [-0.2, -0.15) is 0 Å². The van der Waals surface area contributed by atoms with Crippen LogP contribution >= 0.6 is 0 Å². The quantitative estimate of drug-likeness (QED) is 0.606. The lowest BCUT2D eigenvalue weighted by molar-refractivity contribution is -0.768. The van der Waals surface area contributed by atoms with E-state index in [1.807, 2.05) is 4.90 Å². The molecule has 4 rings (SSSR count). The highest BCUT2D eigenvalue weighted by atomic mass is 19.1. The summed E-state index contributed by atoms with van der Waals surface area (Å²) in [6, 6.07) is 4.50. The van der Waals surface area contributed by atoms with Gasteiger partial charge < -0.3 is 34.5 Å². The van der Waals surface area contributed by atoms with E-state index in [0.717, 1.165) is 0 Å². The second-order valence-corrected chi connectivity index (χ2v) is 8.07. The molecule has 3 aliphatic rings. The highest BCUT2D eigenvalue weighted by molar-refractivity contribution is 5.90. The number of cyclic esters (lactones) is 1. The molecule has 0 saturated carbocycles. The number of aliphatic hydroxyl groups excluding tert-OH is 1. The molecule has 0 bridgehead atoms. The van der Waals surface area contributed by atoms with E-state index < -0.39 is 34.8 Å². The lowest BCUT2D eigenvalue weighted by Crippen LogP contribution is -3.10. The Morgan fingerprint density at radius 1 is 1.35 bits per heavy atom. The monoisotopic (exact) mass is 439 g/mol. The Morgan fingerprint density at radius 3 is 2.71 bits per heavy atom. The fourth-order valence-electron chi connectivity index (χ4n) is 4.17. The number of nitrogens with zero attached hydrogens (tertiary/aromatic N) is 2. The number of amides is 2. The molecule has 3 heterocycles. The Balaban J connectivity index is 1.39. The molecule has 2 N–H and O–H groups in total. The molecular weight excluding hydrogens is 413 g/mol.